The van der Waals surface area contributed by atoms with Gasteiger partial charge in [0.15, 0.2) is 5.82 Å². The summed E-state index contributed by atoms with van der Waals surface area (Å²) in [6.45, 7) is 10.0. The van der Waals surface area contributed by atoms with Gasteiger partial charge in [0, 0.05) is 34.1 Å². The van der Waals surface area contributed by atoms with Crippen LogP contribution in [0.15, 0.2) is 91.9 Å². The van der Waals surface area contributed by atoms with Crippen LogP contribution in [0.2, 0.25) is 0 Å². The number of allylic oxidation sites excluding steroid dienone is 3. The molecule has 0 atom stereocenters. The minimum atomic E-state index is -0.303. The third-order valence-corrected chi connectivity index (χ3v) is 7.32. The van der Waals surface area contributed by atoms with Crippen molar-refractivity contribution in [3.63, 3.8) is 0 Å². The number of anilines is 1. The monoisotopic (exact) mass is 516 g/mol. The molecule has 0 unspecified atom stereocenters. The molecule has 5 aromatic rings. The third-order valence-electron chi connectivity index (χ3n) is 7.32. The Morgan fingerprint density at radius 3 is 2.74 bits per heavy atom. The predicted octanol–water partition coefficient (Wildman–Crippen LogP) is 7.81. The lowest BCUT2D eigenvalue weighted by atomic mass is 9.83. The summed E-state index contributed by atoms with van der Waals surface area (Å²) < 4.78 is 14.0. The van der Waals surface area contributed by atoms with Gasteiger partial charge in [-0.15, -0.1) is 0 Å². The van der Waals surface area contributed by atoms with Crippen LogP contribution in [0.3, 0.4) is 0 Å². The fraction of sp³-hybridized carbons (Fsp3) is 0.156. The zero-order chi connectivity index (χ0) is 26.9. The number of aromatic nitrogens is 5. The van der Waals surface area contributed by atoms with Gasteiger partial charge in [-0.2, -0.15) is 5.10 Å². The lowest BCUT2D eigenvalue weighted by Gasteiger charge is -2.28. The zero-order valence-corrected chi connectivity index (χ0v) is 21.8. The number of hydrogen-bond donors (Lipinski definition) is 3. The van der Waals surface area contributed by atoms with Crippen LogP contribution >= 0.6 is 0 Å². The number of rotatable bonds is 8. The molecule has 3 heterocycles. The summed E-state index contributed by atoms with van der Waals surface area (Å²) in [5, 5.41) is 12.1. The average molecular weight is 517 g/mol. The Balaban J connectivity index is 1.35. The number of pyridine rings is 1. The van der Waals surface area contributed by atoms with Gasteiger partial charge in [0.1, 0.15) is 11.5 Å². The number of benzene rings is 2. The smallest absolute Gasteiger partial charge is 0.159 e. The molecule has 0 bridgehead atoms. The largest absolute Gasteiger partial charge is 0.358 e. The van der Waals surface area contributed by atoms with Crippen molar-refractivity contribution in [2.45, 2.75) is 26.2 Å². The Labute approximate surface area is 226 Å². The number of halogens is 1. The first-order valence-electron chi connectivity index (χ1n) is 13.1. The standard InChI is InChI=1S/C32H29FN6/c1-4-7-27(23-10-6-11-25(33)14-23)30-20(3)36-32(37-30)31-28-16-22(12-13-29(28)38-39-31)24-15-26(18-34-17-24)35-19(2)21-8-5-9-21/h4,6-7,10-18,21,35H,1-2,5,8-9H2,3H3,(H,36,37)(H,38,39)/b27-7-. The molecule has 0 aliphatic heterocycles. The predicted molar refractivity (Wildman–Crippen MR) is 155 cm³/mol. The fourth-order valence-corrected chi connectivity index (χ4v) is 5.00. The van der Waals surface area contributed by atoms with Gasteiger partial charge >= 0.3 is 0 Å². The van der Waals surface area contributed by atoms with Gasteiger partial charge in [-0.1, -0.05) is 49.9 Å². The van der Waals surface area contributed by atoms with E-state index >= 15 is 0 Å². The van der Waals surface area contributed by atoms with E-state index in [1.165, 1.54) is 31.4 Å². The van der Waals surface area contributed by atoms with Crippen LogP contribution in [0, 0.1) is 18.7 Å². The summed E-state index contributed by atoms with van der Waals surface area (Å²) in [5.41, 5.74) is 8.69. The summed E-state index contributed by atoms with van der Waals surface area (Å²) in [4.78, 5) is 12.7. The van der Waals surface area contributed by atoms with Gasteiger partial charge < -0.3 is 10.3 Å². The topological polar surface area (TPSA) is 82.3 Å². The molecular formula is C32H29FN6. The number of nitrogens with one attached hydrogen (secondary N) is 3. The first kappa shape index (κ1) is 24.6. The Morgan fingerprint density at radius 1 is 1.10 bits per heavy atom. The van der Waals surface area contributed by atoms with E-state index in [2.05, 4.69) is 56.8 Å². The molecule has 194 valence electrons. The number of fused-ring (bicyclic) bond motifs is 1. The van der Waals surface area contributed by atoms with Crippen molar-refractivity contribution in [2.75, 3.05) is 5.32 Å². The lowest BCUT2D eigenvalue weighted by molar-refractivity contribution is 0.371. The summed E-state index contributed by atoms with van der Waals surface area (Å²) in [6, 6.07) is 14.7. The van der Waals surface area contributed by atoms with Gasteiger partial charge in [0.25, 0.3) is 0 Å². The number of nitrogens with zero attached hydrogens (tertiary/aromatic N) is 3. The van der Waals surface area contributed by atoms with E-state index in [-0.39, 0.29) is 5.82 Å². The number of aryl methyl sites for hydroxylation is 1. The van der Waals surface area contributed by atoms with Gasteiger partial charge in [-0.25, -0.2) is 9.37 Å². The second kappa shape index (κ2) is 10.2. The van der Waals surface area contributed by atoms with Crippen LogP contribution in [-0.2, 0) is 0 Å². The Bertz CT molecular complexity index is 1740. The highest BCUT2D eigenvalue weighted by atomic mass is 19.1. The molecular weight excluding hydrogens is 487 g/mol. The molecule has 6 rings (SSSR count). The lowest BCUT2D eigenvalue weighted by Crippen LogP contribution is -2.18. The fourth-order valence-electron chi connectivity index (χ4n) is 5.00. The quantitative estimate of drug-likeness (QED) is 0.184. The van der Waals surface area contributed by atoms with Crippen molar-refractivity contribution in [3.05, 3.63) is 115 Å². The Morgan fingerprint density at radius 2 is 1.97 bits per heavy atom. The second-order valence-electron chi connectivity index (χ2n) is 9.96. The van der Waals surface area contributed by atoms with Gasteiger partial charge in [-0.05, 0) is 67.1 Å². The molecule has 3 N–H and O–H groups in total. The highest BCUT2D eigenvalue weighted by Crippen LogP contribution is 2.35. The number of imidazole rings is 1. The van der Waals surface area contributed by atoms with Gasteiger partial charge in [0.2, 0.25) is 0 Å². The molecule has 6 nitrogen and oxygen atoms in total. The van der Waals surface area contributed by atoms with Gasteiger partial charge in [0.05, 0.1) is 23.1 Å². The maximum atomic E-state index is 14.0. The van der Waals surface area contributed by atoms with Crippen LogP contribution in [0.25, 0.3) is 39.1 Å². The van der Waals surface area contributed by atoms with E-state index < -0.39 is 0 Å². The summed E-state index contributed by atoms with van der Waals surface area (Å²) in [5.74, 6) is 0.869. The van der Waals surface area contributed by atoms with Crippen LogP contribution in [0.4, 0.5) is 10.1 Å². The minimum absolute atomic E-state index is 0.303. The van der Waals surface area contributed by atoms with Gasteiger partial charge in [-0.3, -0.25) is 10.1 Å². The van der Waals surface area contributed by atoms with Crippen LogP contribution in [0.5, 0.6) is 0 Å². The average Bonchev–Trinajstić information content (AvgIpc) is 3.49. The third kappa shape index (κ3) is 4.79. The van der Waals surface area contributed by atoms with Crippen molar-refractivity contribution in [2.24, 2.45) is 5.92 Å². The SMILES string of the molecule is C=C/C=C(/c1cccc(F)c1)c1nc(-c2n[nH]c3ccc(-c4cncc(NC(=C)C5CCC5)c4)cc23)[nH]c1C. The van der Waals surface area contributed by atoms with Crippen molar-refractivity contribution in [1.29, 1.82) is 0 Å². The molecule has 1 saturated carbocycles. The van der Waals surface area contributed by atoms with E-state index in [0.29, 0.717) is 17.4 Å². The molecule has 1 aliphatic rings. The number of aromatic amines is 2. The molecule has 0 spiro atoms. The Kier molecular flexibility index (Phi) is 6.40. The molecule has 7 heteroatoms. The molecule has 39 heavy (non-hydrogen) atoms. The number of hydrogen-bond acceptors (Lipinski definition) is 4. The molecule has 0 saturated heterocycles. The van der Waals surface area contributed by atoms with Crippen molar-refractivity contribution in [3.8, 4) is 22.6 Å². The first-order valence-corrected chi connectivity index (χ1v) is 13.1. The van der Waals surface area contributed by atoms with Crippen molar-refractivity contribution >= 4 is 22.2 Å². The molecule has 3 aromatic heterocycles. The first-order chi connectivity index (χ1) is 19.0. The van der Waals surface area contributed by atoms with E-state index in [1.807, 2.05) is 37.5 Å². The molecule has 0 radical (unpaired) electrons. The normalized spacial score (nSPS) is 13.8. The maximum absolute atomic E-state index is 14.0. The van der Waals surface area contributed by atoms with E-state index in [0.717, 1.165) is 55.9 Å². The summed E-state index contributed by atoms with van der Waals surface area (Å²) >= 11 is 0. The molecule has 0 amide bonds. The minimum Gasteiger partial charge on any atom is -0.358 e. The Hall–Kier alpha value is -4.78. The summed E-state index contributed by atoms with van der Waals surface area (Å²) in [6.07, 6.45) is 10.9. The highest BCUT2D eigenvalue weighted by Gasteiger charge is 2.21. The second-order valence-corrected chi connectivity index (χ2v) is 9.96. The van der Waals surface area contributed by atoms with Crippen LogP contribution < -0.4 is 5.32 Å². The zero-order valence-electron chi connectivity index (χ0n) is 21.8. The van der Waals surface area contributed by atoms with E-state index in [9.17, 15) is 4.39 Å². The van der Waals surface area contributed by atoms with Crippen LogP contribution in [-0.4, -0.2) is 25.1 Å². The highest BCUT2D eigenvalue weighted by molar-refractivity contribution is 5.95. The van der Waals surface area contributed by atoms with Crippen LogP contribution in [0.1, 0.15) is 36.2 Å². The maximum Gasteiger partial charge on any atom is 0.159 e. The van der Waals surface area contributed by atoms with E-state index in [4.69, 9.17) is 4.98 Å². The summed E-state index contributed by atoms with van der Waals surface area (Å²) in [7, 11) is 0. The number of H-pyrrole nitrogens is 2. The van der Waals surface area contributed by atoms with Crippen molar-refractivity contribution < 1.29 is 4.39 Å². The molecule has 1 aliphatic carbocycles. The molecule has 1 fully saturated rings. The van der Waals surface area contributed by atoms with E-state index in [1.54, 1.807) is 12.1 Å². The van der Waals surface area contributed by atoms with Crippen molar-refractivity contribution in [1.82, 2.24) is 25.1 Å². The molecule has 2 aromatic carbocycles.